The van der Waals surface area contributed by atoms with E-state index in [2.05, 4.69) is 0 Å². The molecular weight excluding hydrogens is 252 g/mol. The fourth-order valence-corrected chi connectivity index (χ4v) is 1.99. The number of non-ortho nitro benzene ring substituents is 1. The zero-order valence-corrected chi connectivity index (χ0v) is 10.4. The van der Waals surface area contributed by atoms with E-state index in [1.54, 1.807) is 13.0 Å². The Kier molecular flexibility index (Phi) is 5.11. The number of benzene rings is 1. The monoisotopic (exact) mass is 266 g/mol. The second kappa shape index (κ2) is 6.58. The van der Waals surface area contributed by atoms with Crippen molar-refractivity contribution in [2.75, 3.05) is 6.54 Å². The summed E-state index contributed by atoms with van der Waals surface area (Å²) >= 11 is 0. The molecule has 0 saturated heterocycles. The Hall–Kier alpha value is -2.31. The number of aldehydes is 1. The smallest absolute Gasteiger partial charge is 0.269 e. The first-order chi connectivity index (χ1) is 8.99. The summed E-state index contributed by atoms with van der Waals surface area (Å²) in [5, 5.41) is 21.4. The van der Waals surface area contributed by atoms with Crippen LogP contribution >= 0.6 is 0 Å². The molecule has 0 N–H and O–H groups in total. The predicted molar refractivity (Wildman–Crippen MR) is 67.5 cm³/mol. The van der Waals surface area contributed by atoms with Crippen molar-refractivity contribution in [2.24, 2.45) is 5.92 Å². The minimum Gasteiger partial charge on any atom is -0.303 e. The minimum absolute atomic E-state index is 0.133. The van der Waals surface area contributed by atoms with Gasteiger partial charge in [-0.1, -0.05) is 19.1 Å². The molecule has 7 nitrogen and oxygen atoms in total. The number of nitro groups is 2. The summed E-state index contributed by atoms with van der Waals surface area (Å²) in [5.74, 6) is -1.16. The average Bonchev–Trinajstić information content (AvgIpc) is 2.38. The van der Waals surface area contributed by atoms with E-state index in [1.165, 1.54) is 18.2 Å². The van der Waals surface area contributed by atoms with Gasteiger partial charge >= 0.3 is 0 Å². The summed E-state index contributed by atoms with van der Waals surface area (Å²) in [4.78, 5) is 31.3. The van der Waals surface area contributed by atoms with E-state index < -0.39 is 28.2 Å². The van der Waals surface area contributed by atoms with Gasteiger partial charge in [0.1, 0.15) is 6.29 Å². The lowest BCUT2D eigenvalue weighted by Gasteiger charge is -2.18. The number of nitro benzene ring substituents is 1. The van der Waals surface area contributed by atoms with Crippen molar-refractivity contribution >= 4 is 12.0 Å². The Morgan fingerprint density at radius 2 is 2.00 bits per heavy atom. The predicted octanol–water partition coefficient (Wildman–Crippen LogP) is 2.18. The average molecular weight is 266 g/mol. The van der Waals surface area contributed by atoms with Crippen LogP contribution in [0.5, 0.6) is 0 Å². The Bertz CT molecular complexity index is 489. The van der Waals surface area contributed by atoms with Gasteiger partial charge in [-0.25, -0.2) is 0 Å². The van der Waals surface area contributed by atoms with Gasteiger partial charge < -0.3 is 4.79 Å². The molecule has 0 spiro atoms. The van der Waals surface area contributed by atoms with Crippen LogP contribution in [0.4, 0.5) is 5.69 Å². The largest absolute Gasteiger partial charge is 0.303 e. The van der Waals surface area contributed by atoms with Crippen molar-refractivity contribution in [1.82, 2.24) is 0 Å². The Morgan fingerprint density at radius 1 is 1.32 bits per heavy atom. The van der Waals surface area contributed by atoms with Crippen molar-refractivity contribution in [2.45, 2.75) is 19.3 Å². The third-order valence-electron chi connectivity index (χ3n) is 3.02. The van der Waals surface area contributed by atoms with E-state index in [-0.39, 0.29) is 5.69 Å². The summed E-state index contributed by atoms with van der Waals surface area (Å²) in [6.45, 7) is 1.34. The number of hydrogen-bond acceptors (Lipinski definition) is 5. The molecule has 1 aromatic carbocycles. The number of hydrogen-bond donors (Lipinski definition) is 0. The highest BCUT2D eigenvalue weighted by Crippen LogP contribution is 2.28. The van der Waals surface area contributed by atoms with E-state index in [0.29, 0.717) is 18.3 Å². The Labute approximate surface area is 109 Å². The molecule has 0 amide bonds. The van der Waals surface area contributed by atoms with Gasteiger partial charge in [0.2, 0.25) is 6.54 Å². The molecule has 2 atom stereocenters. The highest BCUT2D eigenvalue weighted by Gasteiger charge is 2.27. The van der Waals surface area contributed by atoms with Crippen LogP contribution in [0.25, 0.3) is 0 Å². The van der Waals surface area contributed by atoms with Crippen molar-refractivity contribution in [3.8, 4) is 0 Å². The second-order valence-corrected chi connectivity index (χ2v) is 4.18. The van der Waals surface area contributed by atoms with Gasteiger partial charge in [-0.3, -0.25) is 20.2 Å². The first-order valence-corrected chi connectivity index (χ1v) is 5.81. The molecule has 102 valence electrons. The van der Waals surface area contributed by atoms with Crippen LogP contribution in [-0.2, 0) is 4.79 Å². The third kappa shape index (κ3) is 3.84. The van der Waals surface area contributed by atoms with Crippen molar-refractivity contribution in [3.05, 3.63) is 50.1 Å². The molecule has 0 bridgehead atoms. The molecule has 1 aromatic rings. The number of carbonyl (C=O) groups is 1. The van der Waals surface area contributed by atoms with Gasteiger partial charge in [0, 0.05) is 23.0 Å². The van der Waals surface area contributed by atoms with Gasteiger partial charge in [0.25, 0.3) is 5.69 Å². The maximum atomic E-state index is 11.0. The normalized spacial score (nSPS) is 13.5. The molecule has 0 aromatic heterocycles. The van der Waals surface area contributed by atoms with Gasteiger partial charge in [-0.05, 0) is 12.0 Å². The van der Waals surface area contributed by atoms with Crippen molar-refractivity contribution in [3.63, 3.8) is 0 Å². The quantitative estimate of drug-likeness (QED) is 0.427. The molecule has 0 heterocycles. The standard InChI is InChI=1S/C12H14N2O5/c1-2-9(8-15)12(7-13(16)17)10-4-3-5-11(6-10)14(18)19/h3-6,8-9,12H,2,7H2,1H3/t9-,12+/m1/s1. The van der Waals surface area contributed by atoms with Crippen LogP contribution in [0.3, 0.4) is 0 Å². The minimum atomic E-state index is -0.641. The first kappa shape index (κ1) is 14.7. The molecule has 1 rings (SSSR count). The fraction of sp³-hybridized carbons (Fsp3) is 0.417. The second-order valence-electron chi connectivity index (χ2n) is 4.18. The lowest BCUT2D eigenvalue weighted by atomic mass is 9.85. The van der Waals surface area contributed by atoms with Gasteiger partial charge in [-0.15, -0.1) is 0 Å². The first-order valence-electron chi connectivity index (χ1n) is 5.81. The van der Waals surface area contributed by atoms with Gasteiger partial charge in [0.05, 0.1) is 10.8 Å². The van der Waals surface area contributed by atoms with E-state index in [1.807, 2.05) is 0 Å². The maximum absolute atomic E-state index is 11.0. The SMILES string of the molecule is CC[C@H](C=O)[C@H](C[N+](=O)[O-])c1cccc([N+](=O)[O-])c1. The van der Waals surface area contributed by atoms with Crippen LogP contribution in [0.2, 0.25) is 0 Å². The van der Waals surface area contributed by atoms with Crippen LogP contribution in [-0.4, -0.2) is 22.7 Å². The topological polar surface area (TPSA) is 103 Å². The molecule has 0 radical (unpaired) electrons. The molecule has 0 aliphatic rings. The van der Waals surface area contributed by atoms with E-state index in [9.17, 15) is 25.0 Å². The summed E-state index contributed by atoms with van der Waals surface area (Å²) < 4.78 is 0. The summed E-state index contributed by atoms with van der Waals surface area (Å²) in [6.07, 6.45) is 1.12. The summed E-state index contributed by atoms with van der Waals surface area (Å²) in [5.41, 5.74) is 0.316. The molecule has 7 heteroatoms. The zero-order valence-electron chi connectivity index (χ0n) is 10.4. The molecule has 0 unspecified atom stereocenters. The lowest BCUT2D eigenvalue weighted by molar-refractivity contribution is -0.484. The molecule has 19 heavy (non-hydrogen) atoms. The van der Waals surface area contributed by atoms with Gasteiger partial charge in [0.15, 0.2) is 0 Å². The summed E-state index contributed by atoms with van der Waals surface area (Å²) in [7, 11) is 0. The number of carbonyl (C=O) groups excluding carboxylic acids is 1. The highest BCUT2D eigenvalue weighted by atomic mass is 16.6. The summed E-state index contributed by atoms with van der Waals surface area (Å²) in [6, 6.07) is 5.65. The Balaban J connectivity index is 3.15. The van der Waals surface area contributed by atoms with Gasteiger partial charge in [-0.2, -0.15) is 0 Å². The third-order valence-corrected chi connectivity index (χ3v) is 3.02. The van der Waals surface area contributed by atoms with E-state index in [0.717, 1.165) is 0 Å². The maximum Gasteiger partial charge on any atom is 0.269 e. The van der Waals surface area contributed by atoms with Crippen LogP contribution in [0, 0.1) is 26.1 Å². The molecule has 0 aliphatic carbocycles. The lowest BCUT2D eigenvalue weighted by Crippen LogP contribution is -2.22. The number of nitrogens with zero attached hydrogens (tertiary/aromatic N) is 2. The van der Waals surface area contributed by atoms with E-state index in [4.69, 9.17) is 0 Å². The molecular formula is C12H14N2O5. The van der Waals surface area contributed by atoms with E-state index >= 15 is 0 Å². The van der Waals surface area contributed by atoms with Crippen molar-refractivity contribution < 1.29 is 14.6 Å². The molecule has 0 fully saturated rings. The van der Waals surface area contributed by atoms with Crippen LogP contribution < -0.4 is 0 Å². The Morgan fingerprint density at radius 3 is 2.47 bits per heavy atom. The van der Waals surface area contributed by atoms with Crippen LogP contribution in [0.1, 0.15) is 24.8 Å². The highest BCUT2D eigenvalue weighted by molar-refractivity contribution is 5.56. The fourth-order valence-electron chi connectivity index (χ4n) is 1.99. The molecule has 0 saturated carbocycles. The number of rotatable bonds is 7. The van der Waals surface area contributed by atoms with Crippen LogP contribution in [0.15, 0.2) is 24.3 Å². The molecule has 0 aliphatic heterocycles. The van der Waals surface area contributed by atoms with Crippen molar-refractivity contribution in [1.29, 1.82) is 0 Å². The zero-order chi connectivity index (χ0) is 14.4.